The first-order valence-corrected chi connectivity index (χ1v) is 10.4. The maximum absolute atomic E-state index is 12.8. The van der Waals surface area contributed by atoms with Gasteiger partial charge in [-0.05, 0) is 36.6 Å². The van der Waals surface area contributed by atoms with Crippen molar-refractivity contribution < 1.29 is 9.90 Å². The summed E-state index contributed by atoms with van der Waals surface area (Å²) in [7, 11) is 0. The molecule has 0 aliphatic carbocycles. The number of aromatic nitrogens is 2. The molecule has 0 spiro atoms. The Balaban J connectivity index is 2.00. The third-order valence-electron chi connectivity index (χ3n) is 4.55. The Hall–Kier alpha value is -2.47. The van der Waals surface area contributed by atoms with Gasteiger partial charge in [0.05, 0.1) is 30.2 Å². The second kappa shape index (κ2) is 10.0. The van der Waals surface area contributed by atoms with Crippen molar-refractivity contribution in [2.75, 3.05) is 6.61 Å². The van der Waals surface area contributed by atoms with E-state index in [1.165, 1.54) is 6.20 Å². The highest BCUT2D eigenvalue weighted by Gasteiger charge is 2.19. The summed E-state index contributed by atoms with van der Waals surface area (Å²) >= 11 is 12.0. The molecule has 2 N–H and O–H groups in total. The molecule has 7 heteroatoms. The van der Waals surface area contributed by atoms with Gasteiger partial charge in [-0.1, -0.05) is 61.3 Å². The van der Waals surface area contributed by atoms with Crippen molar-refractivity contribution >= 4 is 29.1 Å². The molecule has 156 valence electrons. The van der Waals surface area contributed by atoms with Crippen LogP contribution in [0.25, 0.3) is 22.5 Å². The molecule has 0 aliphatic rings. The molecule has 1 aromatic heterocycles. The van der Waals surface area contributed by atoms with Gasteiger partial charge < -0.3 is 10.4 Å². The number of hydrogen-bond donors (Lipinski definition) is 2. The van der Waals surface area contributed by atoms with Gasteiger partial charge in [0.1, 0.15) is 5.69 Å². The van der Waals surface area contributed by atoms with Crippen LogP contribution in [0.4, 0.5) is 0 Å². The summed E-state index contributed by atoms with van der Waals surface area (Å²) in [4.78, 5) is 21.9. The first-order chi connectivity index (χ1) is 14.4. The van der Waals surface area contributed by atoms with E-state index in [9.17, 15) is 9.90 Å². The molecule has 0 radical (unpaired) electrons. The molecule has 1 atom stereocenters. The Kier molecular flexibility index (Phi) is 7.43. The maximum atomic E-state index is 12.8. The Labute approximate surface area is 186 Å². The molecular formula is C23H23Cl2N3O2. The average Bonchev–Trinajstić information content (AvgIpc) is 2.73. The number of aliphatic hydroxyl groups is 1. The van der Waals surface area contributed by atoms with Crippen LogP contribution in [0.5, 0.6) is 0 Å². The topological polar surface area (TPSA) is 75.1 Å². The normalized spacial score (nSPS) is 12.1. The van der Waals surface area contributed by atoms with Crippen molar-refractivity contribution in [3.8, 4) is 22.5 Å². The molecule has 0 unspecified atom stereocenters. The van der Waals surface area contributed by atoms with E-state index in [-0.39, 0.29) is 24.2 Å². The molecule has 0 saturated heterocycles. The number of nitrogens with zero attached hydrogens (tertiary/aromatic N) is 2. The highest BCUT2D eigenvalue weighted by atomic mass is 35.5. The molecule has 0 saturated carbocycles. The molecule has 3 rings (SSSR count). The van der Waals surface area contributed by atoms with Crippen LogP contribution in [0.3, 0.4) is 0 Å². The zero-order valence-corrected chi connectivity index (χ0v) is 18.3. The largest absolute Gasteiger partial charge is 0.394 e. The van der Waals surface area contributed by atoms with E-state index in [1.54, 1.807) is 24.3 Å². The number of rotatable bonds is 7. The number of hydrogen-bond acceptors (Lipinski definition) is 4. The van der Waals surface area contributed by atoms with Crippen molar-refractivity contribution in [1.29, 1.82) is 0 Å². The summed E-state index contributed by atoms with van der Waals surface area (Å²) in [6, 6.07) is 14.1. The number of carbonyl (C=O) groups excluding carboxylic acids is 1. The van der Waals surface area contributed by atoms with E-state index in [0.717, 1.165) is 11.1 Å². The zero-order chi connectivity index (χ0) is 21.7. The molecule has 1 heterocycles. The molecule has 0 bridgehead atoms. The zero-order valence-electron chi connectivity index (χ0n) is 16.8. The van der Waals surface area contributed by atoms with Gasteiger partial charge in [-0.3, -0.25) is 9.78 Å². The minimum Gasteiger partial charge on any atom is -0.394 e. The van der Waals surface area contributed by atoms with Gasteiger partial charge in [-0.15, -0.1) is 0 Å². The fraction of sp³-hybridized carbons (Fsp3) is 0.261. The minimum atomic E-state index is -0.375. The summed E-state index contributed by atoms with van der Waals surface area (Å²) in [6.07, 6.45) is 2.12. The SMILES string of the molecule is CC(C)C[C@@H](CO)NC(=O)c1cnc(-c2ccc(Cl)cc2)c(-c2ccc(Cl)cc2)n1. The number of benzene rings is 2. The Morgan fingerprint density at radius 2 is 1.50 bits per heavy atom. The van der Waals surface area contributed by atoms with Gasteiger partial charge in [0.2, 0.25) is 0 Å². The van der Waals surface area contributed by atoms with E-state index in [4.69, 9.17) is 23.2 Å². The lowest BCUT2D eigenvalue weighted by molar-refractivity contribution is 0.0903. The number of nitrogens with one attached hydrogen (secondary N) is 1. The number of amides is 1. The van der Waals surface area contributed by atoms with Crippen LogP contribution in [-0.4, -0.2) is 33.6 Å². The summed E-state index contributed by atoms with van der Waals surface area (Å²) < 4.78 is 0. The van der Waals surface area contributed by atoms with Crippen molar-refractivity contribution in [3.63, 3.8) is 0 Å². The van der Waals surface area contributed by atoms with Crippen molar-refractivity contribution in [2.45, 2.75) is 26.3 Å². The van der Waals surface area contributed by atoms with E-state index < -0.39 is 0 Å². The maximum Gasteiger partial charge on any atom is 0.271 e. The van der Waals surface area contributed by atoms with Crippen LogP contribution in [0.15, 0.2) is 54.7 Å². The summed E-state index contributed by atoms with van der Waals surface area (Å²) in [5, 5.41) is 13.6. The summed E-state index contributed by atoms with van der Waals surface area (Å²) in [5.74, 6) is -0.0366. The van der Waals surface area contributed by atoms with Gasteiger partial charge >= 0.3 is 0 Å². The molecule has 0 aliphatic heterocycles. The average molecular weight is 444 g/mol. The quantitative estimate of drug-likeness (QED) is 0.522. The van der Waals surface area contributed by atoms with Gasteiger partial charge in [-0.25, -0.2) is 4.98 Å². The van der Waals surface area contributed by atoms with Crippen LogP contribution in [0, 0.1) is 5.92 Å². The Bertz CT molecular complexity index is 1010. The van der Waals surface area contributed by atoms with Crippen LogP contribution in [0.1, 0.15) is 30.8 Å². The van der Waals surface area contributed by atoms with Gasteiger partial charge in [0, 0.05) is 21.2 Å². The highest BCUT2D eigenvalue weighted by Crippen LogP contribution is 2.30. The summed E-state index contributed by atoms with van der Waals surface area (Å²) in [6.45, 7) is 3.94. The molecular weight excluding hydrogens is 421 g/mol. The fourth-order valence-corrected chi connectivity index (χ4v) is 3.39. The second-order valence-corrected chi connectivity index (χ2v) is 8.32. The highest BCUT2D eigenvalue weighted by molar-refractivity contribution is 6.31. The van der Waals surface area contributed by atoms with Crippen LogP contribution in [-0.2, 0) is 0 Å². The van der Waals surface area contributed by atoms with E-state index >= 15 is 0 Å². The lowest BCUT2D eigenvalue weighted by Gasteiger charge is -2.18. The number of halogens is 2. The predicted molar refractivity (Wildman–Crippen MR) is 121 cm³/mol. The van der Waals surface area contributed by atoms with Crippen molar-refractivity contribution in [3.05, 3.63) is 70.5 Å². The monoisotopic (exact) mass is 443 g/mol. The van der Waals surface area contributed by atoms with Gasteiger partial charge in [0.15, 0.2) is 0 Å². The Morgan fingerprint density at radius 3 is 2.00 bits per heavy atom. The van der Waals surface area contributed by atoms with Crippen molar-refractivity contribution in [2.24, 2.45) is 5.92 Å². The lowest BCUT2D eigenvalue weighted by atomic mass is 10.0. The standard InChI is InChI=1S/C23H23Cl2N3O2/c1-14(2)11-19(13-29)27-23(30)20-12-26-21(15-3-7-17(24)8-4-15)22(28-20)16-5-9-18(25)10-6-16/h3-10,12,14,19,29H,11,13H2,1-2H3,(H,27,30)/t19-/m0/s1. The molecule has 5 nitrogen and oxygen atoms in total. The van der Waals surface area contributed by atoms with Crippen LogP contribution < -0.4 is 5.32 Å². The number of carbonyl (C=O) groups is 1. The molecule has 3 aromatic rings. The number of aliphatic hydroxyl groups excluding tert-OH is 1. The van der Waals surface area contributed by atoms with E-state index in [2.05, 4.69) is 15.3 Å². The fourth-order valence-electron chi connectivity index (χ4n) is 3.13. The third-order valence-corrected chi connectivity index (χ3v) is 5.06. The van der Waals surface area contributed by atoms with Gasteiger partial charge in [0.25, 0.3) is 5.91 Å². The summed E-state index contributed by atoms with van der Waals surface area (Å²) in [5.41, 5.74) is 2.99. The van der Waals surface area contributed by atoms with E-state index in [0.29, 0.717) is 33.8 Å². The van der Waals surface area contributed by atoms with Gasteiger partial charge in [-0.2, -0.15) is 0 Å². The molecule has 0 fully saturated rings. The first kappa shape index (κ1) is 22.2. The smallest absolute Gasteiger partial charge is 0.271 e. The lowest BCUT2D eigenvalue weighted by Crippen LogP contribution is -2.38. The Morgan fingerprint density at radius 1 is 0.967 bits per heavy atom. The molecule has 1 amide bonds. The van der Waals surface area contributed by atoms with Crippen LogP contribution >= 0.6 is 23.2 Å². The third kappa shape index (κ3) is 5.57. The van der Waals surface area contributed by atoms with Crippen LogP contribution in [0.2, 0.25) is 10.0 Å². The van der Waals surface area contributed by atoms with Crippen molar-refractivity contribution in [1.82, 2.24) is 15.3 Å². The first-order valence-electron chi connectivity index (χ1n) is 9.68. The molecule has 2 aromatic carbocycles. The van der Waals surface area contributed by atoms with E-state index in [1.807, 2.05) is 38.1 Å². The molecule has 30 heavy (non-hydrogen) atoms. The predicted octanol–water partition coefficient (Wildman–Crippen LogP) is 5.25. The second-order valence-electron chi connectivity index (χ2n) is 7.45. The minimum absolute atomic E-state index is 0.135.